The number of halogens is 1. The molecule has 1 fully saturated rings. The number of nitrogens with zero attached hydrogens (tertiary/aromatic N) is 2. The first-order chi connectivity index (χ1) is 20.4. The van der Waals surface area contributed by atoms with Gasteiger partial charge in [0.25, 0.3) is 5.91 Å². The number of fused-ring (bicyclic) bond motifs is 1. The van der Waals surface area contributed by atoms with Crippen molar-refractivity contribution in [1.29, 1.82) is 0 Å². The van der Waals surface area contributed by atoms with Gasteiger partial charge < -0.3 is 29.2 Å². The van der Waals surface area contributed by atoms with Crippen molar-refractivity contribution in [3.63, 3.8) is 0 Å². The molecule has 42 heavy (non-hydrogen) atoms. The largest absolute Gasteiger partial charge is 0.495 e. The van der Waals surface area contributed by atoms with E-state index in [4.69, 9.17) is 30.5 Å². The second-order valence-electron chi connectivity index (χ2n) is 10.1. The van der Waals surface area contributed by atoms with Gasteiger partial charge in [0.15, 0.2) is 0 Å². The minimum atomic E-state index is -0.716. The smallest absolute Gasteiger partial charge is 0.254 e. The van der Waals surface area contributed by atoms with Crippen molar-refractivity contribution in [2.75, 3.05) is 65.5 Å². The van der Waals surface area contributed by atoms with Crippen LogP contribution in [0.3, 0.4) is 0 Å². The number of methoxy groups -OCH3 is 2. The minimum absolute atomic E-state index is 0.105. The molecule has 0 spiro atoms. The molecule has 5 rings (SSSR count). The Balaban J connectivity index is 1.57. The molecule has 1 saturated heterocycles. The number of carbonyl (C=O) groups is 2. The van der Waals surface area contributed by atoms with Crippen LogP contribution in [0.25, 0.3) is 0 Å². The van der Waals surface area contributed by atoms with Gasteiger partial charge in [-0.25, -0.2) is 0 Å². The van der Waals surface area contributed by atoms with Crippen molar-refractivity contribution in [1.82, 2.24) is 9.80 Å². The van der Waals surface area contributed by atoms with Crippen molar-refractivity contribution in [3.05, 3.63) is 82.4 Å². The first kappa shape index (κ1) is 29.7. The number of amides is 2. The average Bonchev–Trinajstić information content (AvgIpc) is 3.01. The normalized spacial score (nSPS) is 18.8. The maximum atomic E-state index is 14.3. The molecule has 2 atom stereocenters. The minimum Gasteiger partial charge on any atom is -0.495 e. The Bertz CT molecular complexity index is 1410. The van der Waals surface area contributed by atoms with Crippen molar-refractivity contribution >= 4 is 29.1 Å². The third-order valence-electron chi connectivity index (χ3n) is 7.75. The molecule has 3 aromatic rings. The molecule has 2 heterocycles. The van der Waals surface area contributed by atoms with E-state index in [1.54, 1.807) is 18.2 Å². The SMILES string of the molecule is CCOc1ccc([C@@H]2[C@H](C(=O)Nc3cc(Cl)c(OC)cc3OC)c3ccccc3C(=O)N2CCN2CCOCC2)cc1. The molecule has 0 radical (unpaired) electrons. The van der Waals surface area contributed by atoms with Gasteiger partial charge in [0.05, 0.1) is 56.7 Å². The first-order valence-electron chi connectivity index (χ1n) is 14.1. The Morgan fingerprint density at radius 1 is 1.00 bits per heavy atom. The molecule has 0 unspecified atom stereocenters. The predicted molar refractivity (Wildman–Crippen MR) is 161 cm³/mol. The molecule has 0 bridgehead atoms. The lowest BCUT2D eigenvalue weighted by molar-refractivity contribution is -0.119. The molecule has 2 amide bonds. The number of ether oxygens (including phenoxy) is 4. The van der Waals surface area contributed by atoms with Crippen LogP contribution < -0.4 is 19.5 Å². The van der Waals surface area contributed by atoms with E-state index in [-0.39, 0.29) is 11.8 Å². The highest BCUT2D eigenvalue weighted by Gasteiger charge is 2.44. The number of benzene rings is 3. The molecule has 0 aromatic heterocycles. The van der Waals surface area contributed by atoms with Gasteiger partial charge in [-0.15, -0.1) is 0 Å². The zero-order chi connectivity index (χ0) is 29.6. The summed E-state index contributed by atoms with van der Waals surface area (Å²) in [5.74, 6) is 0.458. The highest BCUT2D eigenvalue weighted by molar-refractivity contribution is 6.32. The number of hydrogen-bond donors (Lipinski definition) is 1. The van der Waals surface area contributed by atoms with Crippen molar-refractivity contribution in [2.45, 2.75) is 18.9 Å². The highest BCUT2D eigenvalue weighted by Crippen LogP contribution is 2.44. The van der Waals surface area contributed by atoms with Crippen LogP contribution in [0.5, 0.6) is 17.2 Å². The molecule has 2 aliphatic rings. The molecule has 3 aromatic carbocycles. The quantitative estimate of drug-likeness (QED) is 0.354. The van der Waals surface area contributed by atoms with Gasteiger partial charge in [0.2, 0.25) is 5.91 Å². The first-order valence-corrected chi connectivity index (χ1v) is 14.5. The van der Waals surface area contributed by atoms with Gasteiger partial charge in [0.1, 0.15) is 17.2 Å². The highest BCUT2D eigenvalue weighted by atomic mass is 35.5. The van der Waals surface area contributed by atoms with Crippen LogP contribution >= 0.6 is 11.6 Å². The molecule has 9 nitrogen and oxygen atoms in total. The molecule has 1 N–H and O–H groups in total. The number of morpholine rings is 1. The van der Waals surface area contributed by atoms with Crippen LogP contribution in [-0.2, 0) is 9.53 Å². The van der Waals surface area contributed by atoms with Crippen LogP contribution in [0.15, 0.2) is 60.7 Å². The fraction of sp³-hybridized carbons (Fsp3) is 0.375. The Morgan fingerprint density at radius 3 is 2.40 bits per heavy atom. The number of rotatable bonds is 10. The standard InChI is InChI=1S/C32H36ClN3O6/c1-4-42-22-11-9-21(10-12-22)30-29(31(37)34-26-19-25(33)27(39-2)20-28(26)40-3)23-7-5-6-8-24(23)32(38)36(30)14-13-35-15-17-41-18-16-35/h5-12,19-20,29-30H,4,13-18H2,1-3H3,(H,34,37)/t29-,30-/m1/s1. The van der Waals surface area contributed by atoms with E-state index in [9.17, 15) is 9.59 Å². The Morgan fingerprint density at radius 2 is 1.71 bits per heavy atom. The van der Waals surface area contributed by atoms with Crippen molar-refractivity contribution in [3.8, 4) is 17.2 Å². The molecule has 0 saturated carbocycles. The summed E-state index contributed by atoms with van der Waals surface area (Å²) in [7, 11) is 3.03. The van der Waals surface area contributed by atoms with E-state index >= 15 is 0 Å². The van der Waals surface area contributed by atoms with Gasteiger partial charge in [-0.2, -0.15) is 0 Å². The summed E-state index contributed by atoms with van der Waals surface area (Å²) in [6.07, 6.45) is 0. The fourth-order valence-electron chi connectivity index (χ4n) is 5.66. The molecule has 10 heteroatoms. The third-order valence-corrected chi connectivity index (χ3v) is 8.04. The number of carbonyl (C=O) groups excluding carboxylic acids is 2. The lowest BCUT2D eigenvalue weighted by Crippen LogP contribution is -2.49. The fourth-order valence-corrected chi connectivity index (χ4v) is 5.90. The summed E-state index contributed by atoms with van der Waals surface area (Å²) in [4.78, 5) is 32.5. The summed E-state index contributed by atoms with van der Waals surface area (Å²) in [5, 5.41) is 3.38. The van der Waals surface area contributed by atoms with E-state index < -0.39 is 12.0 Å². The Kier molecular flexibility index (Phi) is 9.51. The maximum Gasteiger partial charge on any atom is 0.254 e. The third kappa shape index (κ3) is 6.18. The summed E-state index contributed by atoms with van der Waals surface area (Å²) in [6.45, 7) is 6.51. The van der Waals surface area contributed by atoms with E-state index in [1.807, 2.05) is 54.3 Å². The van der Waals surface area contributed by atoms with Gasteiger partial charge in [-0.1, -0.05) is 41.9 Å². The van der Waals surface area contributed by atoms with E-state index in [0.29, 0.717) is 66.2 Å². The van der Waals surface area contributed by atoms with Crippen LogP contribution in [0, 0.1) is 0 Å². The van der Waals surface area contributed by atoms with Crippen LogP contribution in [-0.4, -0.2) is 81.8 Å². The second-order valence-corrected chi connectivity index (χ2v) is 10.5. The van der Waals surface area contributed by atoms with Gasteiger partial charge in [-0.05, 0) is 42.3 Å². The topological polar surface area (TPSA) is 89.6 Å². The molecule has 0 aliphatic carbocycles. The summed E-state index contributed by atoms with van der Waals surface area (Å²) < 4.78 is 22.1. The lowest BCUT2D eigenvalue weighted by Gasteiger charge is -2.43. The molecular formula is C32H36ClN3O6. The number of hydrogen-bond acceptors (Lipinski definition) is 7. The van der Waals surface area contributed by atoms with Gasteiger partial charge in [0, 0.05) is 37.8 Å². The summed E-state index contributed by atoms with van der Waals surface area (Å²) >= 11 is 6.42. The lowest BCUT2D eigenvalue weighted by atomic mass is 9.79. The average molecular weight is 594 g/mol. The van der Waals surface area contributed by atoms with Gasteiger partial charge >= 0.3 is 0 Å². The van der Waals surface area contributed by atoms with E-state index in [1.165, 1.54) is 14.2 Å². The molecular weight excluding hydrogens is 558 g/mol. The predicted octanol–water partition coefficient (Wildman–Crippen LogP) is 5.01. The summed E-state index contributed by atoms with van der Waals surface area (Å²) in [5.41, 5.74) is 2.43. The maximum absolute atomic E-state index is 14.3. The zero-order valence-corrected chi connectivity index (χ0v) is 24.9. The Labute approximate surface area is 251 Å². The van der Waals surface area contributed by atoms with Crippen LogP contribution in [0.2, 0.25) is 5.02 Å². The van der Waals surface area contributed by atoms with Crippen molar-refractivity contribution < 1.29 is 28.5 Å². The Hall–Kier alpha value is -3.79. The van der Waals surface area contributed by atoms with E-state index in [0.717, 1.165) is 24.4 Å². The van der Waals surface area contributed by atoms with Crippen LogP contribution in [0.4, 0.5) is 5.69 Å². The second kappa shape index (κ2) is 13.5. The number of nitrogens with one attached hydrogen (secondary N) is 1. The zero-order valence-electron chi connectivity index (χ0n) is 24.1. The van der Waals surface area contributed by atoms with Crippen LogP contribution in [0.1, 0.15) is 40.4 Å². The monoisotopic (exact) mass is 593 g/mol. The number of anilines is 1. The van der Waals surface area contributed by atoms with Gasteiger partial charge in [-0.3, -0.25) is 14.5 Å². The summed E-state index contributed by atoms with van der Waals surface area (Å²) in [6, 6.07) is 17.6. The van der Waals surface area contributed by atoms with E-state index in [2.05, 4.69) is 10.2 Å². The molecule has 2 aliphatic heterocycles. The van der Waals surface area contributed by atoms with Crippen molar-refractivity contribution in [2.24, 2.45) is 0 Å². The molecule has 222 valence electrons.